The molecule has 2 aliphatic carbocycles. The second kappa shape index (κ2) is 8.52. The number of hydrogen-bond acceptors (Lipinski definition) is 3. The van der Waals surface area contributed by atoms with Gasteiger partial charge in [0.15, 0.2) is 0 Å². The van der Waals surface area contributed by atoms with Crippen LogP contribution < -0.4 is 5.32 Å². The summed E-state index contributed by atoms with van der Waals surface area (Å²) in [5.74, 6) is 0.356. The zero-order valence-corrected chi connectivity index (χ0v) is 18.5. The molecule has 0 radical (unpaired) electrons. The summed E-state index contributed by atoms with van der Waals surface area (Å²) in [6.07, 6.45) is 4.92. The standard InChI is InChI=1S/C24H30N2O3S/c1-3-17(2)19-8-14-23(15-9-19)30(28,29)26(22-12-13-22)16-18-4-6-20(7-5-18)24(27)25-21-10-11-21/h4-9,14-15,17,21-22H,3,10-13,16H2,1-2H3,(H,25,27). The molecule has 5 nitrogen and oxygen atoms in total. The van der Waals surface area contributed by atoms with Crippen LogP contribution >= 0.6 is 0 Å². The summed E-state index contributed by atoms with van der Waals surface area (Å²) >= 11 is 0. The second-order valence-corrected chi connectivity index (χ2v) is 10.5. The van der Waals surface area contributed by atoms with Crippen LogP contribution in [-0.2, 0) is 16.6 Å². The van der Waals surface area contributed by atoms with Crippen LogP contribution in [0.3, 0.4) is 0 Å². The molecule has 0 heterocycles. The number of sulfonamides is 1. The number of rotatable bonds is 9. The maximum atomic E-state index is 13.3. The van der Waals surface area contributed by atoms with E-state index >= 15 is 0 Å². The molecule has 0 aromatic heterocycles. The Labute approximate surface area is 179 Å². The van der Waals surface area contributed by atoms with Crippen molar-refractivity contribution in [2.24, 2.45) is 0 Å². The molecule has 2 saturated carbocycles. The normalized spacial score (nSPS) is 17.7. The molecule has 2 aromatic carbocycles. The Morgan fingerprint density at radius 2 is 1.67 bits per heavy atom. The largest absolute Gasteiger partial charge is 0.349 e. The molecule has 2 aromatic rings. The molecule has 1 atom stereocenters. The molecule has 160 valence electrons. The molecule has 0 saturated heterocycles. The molecule has 2 fully saturated rings. The molecule has 1 unspecified atom stereocenters. The van der Waals surface area contributed by atoms with Crippen LogP contribution in [-0.4, -0.2) is 30.7 Å². The molecule has 1 amide bonds. The molecule has 30 heavy (non-hydrogen) atoms. The third kappa shape index (κ3) is 4.76. The lowest BCUT2D eigenvalue weighted by molar-refractivity contribution is 0.0951. The molecule has 0 spiro atoms. The zero-order valence-electron chi connectivity index (χ0n) is 17.7. The van der Waals surface area contributed by atoms with E-state index in [0.29, 0.717) is 29.0 Å². The van der Waals surface area contributed by atoms with Crippen molar-refractivity contribution in [2.75, 3.05) is 0 Å². The van der Waals surface area contributed by atoms with Crippen LogP contribution in [0, 0.1) is 0 Å². The van der Waals surface area contributed by atoms with Gasteiger partial charge in [-0.25, -0.2) is 8.42 Å². The second-order valence-electron chi connectivity index (χ2n) is 8.60. The quantitative estimate of drug-likeness (QED) is 0.644. The van der Waals surface area contributed by atoms with Gasteiger partial charge in [0.25, 0.3) is 5.91 Å². The molecular formula is C24H30N2O3S. The summed E-state index contributed by atoms with van der Waals surface area (Å²) in [6, 6.07) is 15.0. The fraction of sp³-hybridized carbons (Fsp3) is 0.458. The van der Waals surface area contributed by atoms with Crippen molar-refractivity contribution in [3.63, 3.8) is 0 Å². The molecule has 0 bridgehead atoms. The van der Waals surface area contributed by atoms with Gasteiger partial charge in [-0.3, -0.25) is 4.79 Å². The molecule has 1 N–H and O–H groups in total. The number of hydrogen-bond donors (Lipinski definition) is 1. The highest BCUT2D eigenvalue weighted by Crippen LogP contribution is 2.34. The van der Waals surface area contributed by atoms with Gasteiger partial charge in [0.1, 0.15) is 0 Å². The zero-order chi connectivity index (χ0) is 21.3. The Hall–Kier alpha value is -2.18. The number of carbonyl (C=O) groups is 1. The Kier molecular flexibility index (Phi) is 5.98. The first kappa shape index (κ1) is 21.1. The smallest absolute Gasteiger partial charge is 0.251 e. The predicted octanol–water partition coefficient (Wildman–Crippen LogP) is 4.45. The van der Waals surface area contributed by atoms with E-state index in [1.807, 2.05) is 24.3 Å². The van der Waals surface area contributed by atoms with Crippen LogP contribution in [0.25, 0.3) is 0 Å². The van der Waals surface area contributed by atoms with Crippen LogP contribution in [0.2, 0.25) is 0 Å². The van der Waals surface area contributed by atoms with Gasteiger partial charge in [0.2, 0.25) is 10.0 Å². The lowest BCUT2D eigenvalue weighted by atomic mass is 9.99. The van der Waals surface area contributed by atoms with E-state index in [9.17, 15) is 13.2 Å². The van der Waals surface area contributed by atoms with Crippen molar-refractivity contribution in [3.05, 3.63) is 65.2 Å². The average Bonchev–Trinajstić information content (AvgIpc) is 3.67. The van der Waals surface area contributed by atoms with Gasteiger partial charge in [-0.15, -0.1) is 0 Å². The van der Waals surface area contributed by atoms with Gasteiger partial charge in [-0.05, 0) is 73.4 Å². The first-order valence-corrected chi connectivity index (χ1v) is 12.3. The lowest BCUT2D eigenvalue weighted by Gasteiger charge is -2.22. The third-order valence-corrected chi connectivity index (χ3v) is 8.00. The summed E-state index contributed by atoms with van der Waals surface area (Å²) in [6.45, 7) is 4.60. The number of benzene rings is 2. The molecule has 4 rings (SSSR count). The average molecular weight is 427 g/mol. The highest BCUT2D eigenvalue weighted by molar-refractivity contribution is 7.89. The Morgan fingerprint density at radius 1 is 1.03 bits per heavy atom. The maximum absolute atomic E-state index is 13.3. The van der Waals surface area contributed by atoms with Crippen molar-refractivity contribution >= 4 is 15.9 Å². The summed E-state index contributed by atoms with van der Waals surface area (Å²) in [7, 11) is -3.57. The number of nitrogens with one attached hydrogen (secondary N) is 1. The van der Waals surface area contributed by atoms with E-state index in [2.05, 4.69) is 19.2 Å². The Balaban J connectivity index is 1.50. The number of carbonyl (C=O) groups excluding carboxylic acids is 1. The van der Waals surface area contributed by atoms with Crippen LogP contribution in [0.15, 0.2) is 53.4 Å². The molecule has 6 heteroatoms. The lowest BCUT2D eigenvalue weighted by Crippen LogP contribution is -2.32. The van der Waals surface area contributed by atoms with Gasteiger partial charge in [-0.2, -0.15) is 4.31 Å². The molecule has 0 aliphatic heterocycles. The van der Waals surface area contributed by atoms with Crippen LogP contribution in [0.1, 0.15) is 73.4 Å². The van der Waals surface area contributed by atoms with E-state index < -0.39 is 10.0 Å². The van der Waals surface area contributed by atoms with E-state index in [1.54, 1.807) is 28.6 Å². The van der Waals surface area contributed by atoms with E-state index in [-0.39, 0.29) is 11.9 Å². The Morgan fingerprint density at radius 3 is 2.20 bits per heavy atom. The topological polar surface area (TPSA) is 66.5 Å². The highest BCUT2D eigenvalue weighted by Gasteiger charge is 2.38. The van der Waals surface area contributed by atoms with Gasteiger partial charge >= 0.3 is 0 Å². The monoisotopic (exact) mass is 426 g/mol. The Bertz CT molecular complexity index is 992. The van der Waals surface area contributed by atoms with Crippen molar-refractivity contribution in [3.8, 4) is 0 Å². The van der Waals surface area contributed by atoms with Crippen molar-refractivity contribution in [1.29, 1.82) is 0 Å². The summed E-state index contributed by atoms with van der Waals surface area (Å²) < 4.78 is 28.3. The summed E-state index contributed by atoms with van der Waals surface area (Å²) in [5.41, 5.74) is 2.67. The SMILES string of the molecule is CCC(C)c1ccc(S(=O)(=O)N(Cc2ccc(C(=O)NC3CC3)cc2)C2CC2)cc1. The molecular weight excluding hydrogens is 396 g/mol. The molecule has 2 aliphatic rings. The summed E-state index contributed by atoms with van der Waals surface area (Å²) in [5, 5.41) is 2.98. The number of nitrogens with zero attached hydrogens (tertiary/aromatic N) is 1. The van der Waals surface area contributed by atoms with Crippen molar-refractivity contribution in [1.82, 2.24) is 9.62 Å². The van der Waals surface area contributed by atoms with Crippen LogP contribution in [0.4, 0.5) is 0 Å². The fourth-order valence-electron chi connectivity index (χ4n) is 3.55. The predicted molar refractivity (Wildman–Crippen MR) is 118 cm³/mol. The van der Waals surface area contributed by atoms with Gasteiger partial charge < -0.3 is 5.32 Å². The van der Waals surface area contributed by atoms with Crippen LogP contribution in [0.5, 0.6) is 0 Å². The van der Waals surface area contributed by atoms with E-state index in [4.69, 9.17) is 0 Å². The highest BCUT2D eigenvalue weighted by atomic mass is 32.2. The third-order valence-electron chi connectivity index (χ3n) is 6.09. The van der Waals surface area contributed by atoms with Gasteiger partial charge in [0.05, 0.1) is 4.90 Å². The first-order valence-electron chi connectivity index (χ1n) is 10.9. The van der Waals surface area contributed by atoms with E-state index in [0.717, 1.165) is 43.2 Å². The first-order chi connectivity index (χ1) is 14.4. The van der Waals surface area contributed by atoms with Gasteiger partial charge in [-0.1, -0.05) is 38.1 Å². The van der Waals surface area contributed by atoms with Crippen molar-refractivity contribution < 1.29 is 13.2 Å². The van der Waals surface area contributed by atoms with Crippen molar-refractivity contribution in [2.45, 2.75) is 75.4 Å². The minimum atomic E-state index is -3.57. The van der Waals surface area contributed by atoms with E-state index in [1.165, 1.54) is 0 Å². The minimum Gasteiger partial charge on any atom is -0.349 e. The fourth-order valence-corrected chi connectivity index (χ4v) is 5.22. The minimum absolute atomic E-state index is 0.0575. The summed E-state index contributed by atoms with van der Waals surface area (Å²) in [4.78, 5) is 12.5. The van der Waals surface area contributed by atoms with Gasteiger partial charge in [0, 0.05) is 24.2 Å². The maximum Gasteiger partial charge on any atom is 0.251 e. The number of amides is 1.